The molecule has 1 N–H and O–H groups in total. The van der Waals surface area contributed by atoms with Gasteiger partial charge in [0.05, 0.1) is 18.9 Å². The zero-order valence-corrected chi connectivity index (χ0v) is 12.1. The van der Waals surface area contributed by atoms with Crippen LogP contribution >= 0.6 is 12.4 Å². The van der Waals surface area contributed by atoms with Gasteiger partial charge in [0.2, 0.25) is 5.91 Å². The number of esters is 1. The van der Waals surface area contributed by atoms with E-state index in [0.29, 0.717) is 6.54 Å². The van der Waals surface area contributed by atoms with Gasteiger partial charge < -0.3 is 15.0 Å². The number of nitrogens with zero attached hydrogens (tertiary/aromatic N) is 1. The van der Waals surface area contributed by atoms with E-state index in [2.05, 4.69) is 10.1 Å². The predicted octanol–water partition coefficient (Wildman–Crippen LogP) is 0.675. The molecule has 0 aliphatic carbocycles. The quantitative estimate of drug-likeness (QED) is 0.768. The fourth-order valence-electron chi connectivity index (χ4n) is 2.15. The van der Waals surface area contributed by atoms with Gasteiger partial charge in [-0.1, -0.05) is 6.92 Å². The standard InChI is InChI=1S/C12H22N2O3.ClH/c1-9(12(16)17-3)8-14(2)11(15)10-5-4-6-13-7-10;/h9-10,13H,4-8H2,1-3H3;1H/t9?,10-;/m1./s1. The number of carbonyl (C=O) groups is 2. The molecule has 1 saturated heterocycles. The van der Waals surface area contributed by atoms with Crippen molar-refractivity contribution in [3.05, 3.63) is 0 Å². The molecule has 1 amide bonds. The van der Waals surface area contributed by atoms with Crippen LogP contribution in [-0.4, -0.2) is 50.6 Å². The molecule has 0 saturated carbocycles. The molecular formula is C12H23ClN2O3. The third-order valence-corrected chi connectivity index (χ3v) is 3.17. The number of hydrogen-bond donors (Lipinski definition) is 1. The van der Waals surface area contributed by atoms with Gasteiger partial charge in [0.1, 0.15) is 0 Å². The SMILES string of the molecule is COC(=O)C(C)CN(C)C(=O)[C@@H]1CCCNC1.Cl. The minimum Gasteiger partial charge on any atom is -0.469 e. The number of ether oxygens (including phenoxy) is 1. The van der Waals surface area contributed by atoms with E-state index in [1.807, 2.05) is 0 Å². The Bertz CT molecular complexity index is 280. The molecule has 0 radical (unpaired) electrons. The summed E-state index contributed by atoms with van der Waals surface area (Å²) in [7, 11) is 3.11. The van der Waals surface area contributed by atoms with Gasteiger partial charge in [0.15, 0.2) is 0 Å². The topological polar surface area (TPSA) is 58.6 Å². The second kappa shape index (κ2) is 8.32. The first kappa shape index (κ1) is 17.2. The summed E-state index contributed by atoms with van der Waals surface area (Å²) in [5.74, 6) is -0.372. The van der Waals surface area contributed by atoms with Crippen LogP contribution in [0.5, 0.6) is 0 Å². The minimum atomic E-state index is -0.273. The molecule has 0 aromatic rings. The molecule has 1 fully saturated rings. The van der Waals surface area contributed by atoms with Crippen molar-refractivity contribution in [2.24, 2.45) is 11.8 Å². The molecule has 0 aromatic heterocycles. The lowest BCUT2D eigenvalue weighted by Gasteiger charge is -2.28. The van der Waals surface area contributed by atoms with E-state index in [9.17, 15) is 9.59 Å². The summed E-state index contributed by atoms with van der Waals surface area (Å²) in [6.07, 6.45) is 1.97. The monoisotopic (exact) mass is 278 g/mol. The Morgan fingerprint density at radius 2 is 2.17 bits per heavy atom. The Morgan fingerprint density at radius 1 is 1.50 bits per heavy atom. The van der Waals surface area contributed by atoms with Crippen LogP contribution in [0.1, 0.15) is 19.8 Å². The highest BCUT2D eigenvalue weighted by atomic mass is 35.5. The van der Waals surface area contributed by atoms with Gasteiger partial charge in [-0.05, 0) is 19.4 Å². The molecule has 1 heterocycles. The van der Waals surface area contributed by atoms with Crippen molar-refractivity contribution in [3.8, 4) is 0 Å². The van der Waals surface area contributed by atoms with Crippen molar-refractivity contribution in [1.29, 1.82) is 0 Å². The summed E-state index contributed by atoms with van der Waals surface area (Å²) in [6, 6.07) is 0. The summed E-state index contributed by atoms with van der Waals surface area (Å²) in [5, 5.41) is 3.22. The zero-order valence-electron chi connectivity index (χ0n) is 11.3. The number of nitrogens with one attached hydrogen (secondary N) is 1. The maximum Gasteiger partial charge on any atom is 0.310 e. The number of methoxy groups -OCH3 is 1. The van der Waals surface area contributed by atoms with E-state index in [1.165, 1.54) is 7.11 Å². The number of piperidine rings is 1. The van der Waals surface area contributed by atoms with Gasteiger partial charge >= 0.3 is 5.97 Å². The number of amides is 1. The molecule has 1 aliphatic heterocycles. The minimum absolute atomic E-state index is 0. The van der Waals surface area contributed by atoms with E-state index in [-0.39, 0.29) is 36.1 Å². The van der Waals surface area contributed by atoms with Gasteiger partial charge in [-0.3, -0.25) is 9.59 Å². The van der Waals surface area contributed by atoms with E-state index in [0.717, 1.165) is 25.9 Å². The van der Waals surface area contributed by atoms with Crippen LogP contribution in [0.3, 0.4) is 0 Å². The number of hydrogen-bond acceptors (Lipinski definition) is 4. The van der Waals surface area contributed by atoms with Crippen LogP contribution in [0.15, 0.2) is 0 Å². The lowest BCUT2D eigenvalue weighted by molar-refractivity contribution is -0.146. The van der Waals surface area contributed by atoms with Gasteiger partial charge in [0.25, 0.3) is 0 Å². The Balaban J connectivity index is 0.00000289. The Morgan fingerprint density at radius 3 is 2.67 bits per heavy atom. The largest absolute Gasteiger partial charge is 0.469 e. The molecule has 2 atom stereocenters. The van der Waals surface area contributed by atoms with Crippen molar-refractivity contribution >= 4 is 24.3 Å². The number of rotatable bonds is 4. The Hall–Kier alpha value is -0.810. The van der Waals surface area contributed by atoms with E-state index in [1.54, 1.807) is 18.9 Å². The maximum absolute atomic E-state index is 12.1. The number of carbonyl (C=O) groups excluding carboxylic acids is 2. The second-order valence-corrected chi connectivity index (χ2v) is 4.69. The van der Waals surface area contributed by atoms with Crippen LogP contribution < -0.4 is 5.32 Å². The van der Waals surface area contributed by atoms with Gasteiger partial charge in [-0.25, -0.2) is 0 Å². The van der Waals surface area contributed by atoms with Crippen molar-refractivity contribution < 1.29 is 14.3 Å². The highest BCUT2D eigenvalue weighted by Crippen LogP contribution is 2.13. The average Bonchev–Trinajstić information content (AvgIpc) is 2.37. The molecule has 18 heavy (non-hydrogen) atoms. The Labute approximate surface area is 115 Å². The van der Waals surface area contributed by atoms with Gasteiger partial charge in [-0.15, -0.1) is 12.4 Å². The third kappa shape index (κ3) is 4.82. The Kier molecular flexibility index (Phi) is 7.95. The summed E-state index contributed by atoms with van der Waals surface area (Å²) in [5.41, 5.74) is 0. The zero-order chi connectivity index (χ0) is 12.8. The first-order valence-corrected chi connectivity index (χ1v) is 6.09. The van der Waals surface area contributed by atoms with E-state index < -0.39 is 0 Å². The highest BCUT2D eigenvalue weighted by molar-refractivity contribution is 5.85. The van der Waals surface area contributed by atoms with Crippen LogP contribution in [0, 0.1) is 11.8 Å². The average molecular weight is 279 g/mol. The van der Waals surface area contributed by atoms with Crippen LogP contribution in [0.25, 0.3) is 0 Å². The normalized spacial score (nSPS) is 20.5. The second-order valence-electron chi connectivity index (χ2n) is 4.69. The fraction of sp³-hybridized carbons (Fsp3) is 0.833. The van der Waals surface area contributed by atoms with Crippen LogP contribution in [0.2, 0.25) is 0 Å². The summed E-state index contributed by atoms with van der Waals surface area (Å²) in [6.45, 7) is 3.93. The molecule has 1 unspecified atom stereocenters. The summed E-state index contributed by atoms with van der Waals surface area (Å²) < 4.78 is 4.65. The third-order valence-electron chi connectivity index (χ3n) is 3.17. The molecule has 0 spiro atoms. The predicted molar refractivity (Wildman–Crippen MR) is 71.7 cm³/mol. The smallest absolute Gasteiger partial charge is 0.310 e. The van der Waals surface area contributed by atoms with Crippen molar-refractivity contribution in [3.63, 3.8) is 0 Å². The molecule has 1 aliphatic rings. The van der Waals surface area contributed by atoms with Crippen molar-refractivity contribution in [2.45, 2.75) is 19.8 Å². The van der Waals surface area contributed by atoms with Gasteiger partial charge in [0, 0.05) is 20.1 Å². The molecule has 6 heteroatoms. The molecule has 106 valence electrons. The van der Waals surface area contributed by atoms with Gasteiger partial charge in [-0.2, -0.15) is 0 Å². The fourth-order valence-corrected chi connectivity index (χ4v) is 2.15. The molecular weight excluding hydrogens is 256 g/mol. The number of halogens is 1. The van der Waals surface area contributed by atoms with E-state index >= 15 is 0 Å². The maximum atomic E-state index is 12.1. The summed E-state index contributed by atoms with van der Waals surface area (Å²) in [4.78, 5) is 25.0. The van der Waals surface area contributed by atoms with Crippen molar-refractivity contribution in [1.82, 2.24) is 10.2 Å². The van der Waals surface area contributed by atoms with Crippen LogP contribution in [0.4, 0.5) is 0 Å². The first-order chi connectivity index (χ1) is 8.06. The lowest BCUT2D eigenvalue weighted by Crippen LogP contribution is -2.43. The molecule has 0 aromatic carbocycles. The first-order valence-electron chi connectivity index (χ1n) is 6.09. The highest BCUT2D eigenvalue weighted by Gasteiger charge is 2.26. The van der Waals surface area contributed by atoms with E-state index in [4.69, 9.17) is 0 Å². The molecule has 5 nitrogen and oxygen atoms in total. The van der Waals surface area contributed by atoms with Crippen molar-refractivity contribution in [2.75, 3.05) is 33.8 Å². The summed E-state index contributed by atoms with van der Waals surface area (Å²) >= 11 is 0. The molecule has 0 bridgehead atoms. The van der Waals surface area contributed by atoms with Crippen LogP contribution in [-0.2, 0) is 14.3 Å². The lowest BCUT2D eigenvalue weighted by atomic mass is 9.98. The molecule has 1 rings (SSSR count).